The third-order valence-electron chi connectivity index (χ3n) is 3.67. The van der Waals surface area contributed by atoms with Gasteiger partial charge in [-0.2, -0.15) is 0 Å². The summed E-state index contributed by atoms with van der Waals surface area (Å²) in [5.74, 6) is 0.844. The maximum absolute atomic E-state index is 4.03. The van der Waals surface area contributed by atoms with E-state index in [1.165, 1.54) is 29.5 Å². The van der Waals surface area contributed by atoms with Crippen LogP contribution in [-0.2, 0) is 13.0 Å². The largest absolute Gasteiger partial charge is 0.312 e. The first-order valence-electron chi connectivity index (χ1n) is 7.10. The molecule has 0 radical (unpaired) electrons. The van der Waals surface area contributed by atoms with Gasteiger partial charge in [-0.15, -0.1) is 0 Å². The molecule has 1 aliphatic rings. The first-order chi connectivity index (χ1) is 9.42. The van der Waals surface area contributed by atoms with Gasteiger partial charge in [0, 0.05) is 18.9 Å². The van der Waals surface area contributed by atoms with Gasteiger partial charge in [-0.05, 0) is 60.5 Å². The van der Waals surface area contributed by atoms with Gasteiger partial charge in [0.2, 0.25) is 0 Å². The molecule has 0 spiro atoms. The zero-order chi connectivity index (χ0) is 12.9. The Morgan fingerprint density at radius 2 is 1.89 bits per heavy atom. The molecule has 1 aliphatic carbocycles. The van der Waals surface area contributed by atoms with Gasteiger partial charge in [0.25, 0.3) is 0 Å². The van der Waals surface area contributed by atoms with Crippen molar-refractivity contribution in [2.45, 2.75) is 31.7 Å². The van der Waals surface area contributed by atoms with E-state index in [1.807, 2.05) is 12.4 Å². The Bertz CT molecular complexity index is 518. The Kier molecular flexibility index (Phi) is 3.89. The molecule has 3 rings (SSSR count). The maximum Gasteiger partial charge on any atom is 0.0270 e. The van der Waals surface area contributed by atoms with Crippen LogP contribution < -0.4 is 5.32 Å². The zero-order valence-corrected chi connectivity index (χ0v) is 11.2. The number of hydrogen-bond acceptors (Lipinski definition) is 2. The average molecular weight is 252 g/mol. The summed E-state index contributed by atoms with van der Waals surface area (Å²) in [6.07, 6.45) is 7.52. The molecule has 1 N–H and O–H groups in total. The normalized spacial score (nSPS) is 14.5. The molecule has 0 aliphatic heterocycles. The molecule has 0 unspecified atom stereocenters. The lowest BCUT2D eigenvalue weighted by atomic mass is 10.1. The van der Waals surface area contributed by atoms with E-state index in [-0.39, 0.29) is 0 Å². The molecule has 1 heterocycles. The molecule has 0 amide bonds. The summed E-state index contributed by atoms with van der Waals surface area (Å²) < 4.78 is 0. The van der Waals surface area contributed by atoms with Crippen LogP contribution in [0.25, 0.3) is 0 Å². The third-order valence-corrected chi connectivity index (χ3v) is 3.67. The lowest BCUT2D eigenvalue weighted by Crippen LogP contribution is -2.16. The summed E-state index contributed by atoms with van der Waals surface area (Å²) >= 11 is 0. The fourth-order valence-electron chi connectivity index (χ4n) is 2.39. The molecule has 1 aromatic heterocycles. The Balaban J connectivity index is 1.46. The van der Waals surface area contributed by atoms with Crippen molar-refractivity contribution in [1.29, 1.82) is 0 Å². The SMILES string of the molecule is c1cc(CNCCc2ccncc2)cc(C2CC2)c1. The fourth-order valence-corrected chi connectivity index (χ4v) is 2.39. The van der Waals surface area contributed by atoms with Gasteiger partial charge in [-0.1, -0.05) is 24.3 Å². The number of aromatic nitrogens is 1. The van der Waals surface area contributed by atoms with Crippen molar-refractivity contribution in [2.75, 3.05) is 6.54 Å². The van der Waals surface area contributed by atoms with Crippen LogP contribution in [0.15, 0.2) is 48.8 Å². The smallest absolute Gasteiger partial charge is 0.0270 e. The van der Waals surface area contributed by atoms with Crippen LogP contribution >= 0.6 is 0 Å². The summed E-state index contributed by atoms with van der Waals surface area (Å²) in [6.45, 7) is 1.98. The van der Waals surface area contributed by atoms with Gasteiger partial charge in [0.05, 0.1) is 0 Å². The van der Waals surface area contributed by atoms with Gasteiger partial charge in [-0.25, -0.2) is 0 Å². The van der Waals surface area contributed by atoms with Gasteiger partial charge in [0.15, 0.2) is 0 Å². The number of nitrogens with one attached hydrogen (secondary N) is 1. The summed E-state index contributed by atoms with van der Waals surface area (Å²) in [5, 5.41) is 3.52. The number of rotatable bonds is 6. The Morgan fingerprint density at radius 1 is 1.05 bits per heavy atom. The summed E-state index contributed by atoms with van der Waals surface area (Å²) in [5.41, 5.74) is 4.27. The van der Waals surface area contributed by atoms with Crippen LogP contribution in [0.2, 0.25) is 0 Å². The van der Waals surface area contributed by atoms with Crippen LogP contribution in [0.4, 0.5) is 0 Å². The van der Waals surface area contributed by atoms with E-state index in [9.17, 15) is 0 Å². The van der Waals surface area contributed by atoms with E-state index in [0.29, 0.717) is 0 Å². The lowest BCUT2D eigenvalue weighted by molar-refractivity contribution is 0.686. The molecule has 0 saturated heterocycles. The van der Waals surface area contributed by atoms with Gasteiger partial charge >= 0.3 is 0 Å². The van der Waals surface area contributed by atoms with Gasteiger partial charge in [0.1, 0.15) is 0 Å². The molecular weight excluding hydrogens is 232 g/mol. The second-order valence-corrected chi connectivity index (χ2v) is 5.30. The molecule has 0 bridgehead atoms. The molecule has 0 atom stereocenters. The van der Waals surface area contributed by atoms with Crippen LogP contribution in [-0.4, -0.2) is 11.5 Å². The van der Waals surface area contributed by atoms with Crippen molar-refractivity contribution in [3.8, 4) is 0 Å². The second-order valence-electron chi connectivity index (χ2n) is 5.30. The van der Waals surface area contributed by atoms with E-state index in [2.05, 4.69) is 46.7 Å². The first-order valence-corrected chi connectivity index (χ1v) is 7.10. The summed E-state index contributed by atoms with van der Waals surface area (Å²) in [4.78, 5) is 4.03. The van der Waals surface area contributed by atoms with Gasteiger partial charge < -0.3 is 5.32 Å². The number of pyridine rings is 1. The third kappa shape index (κ3) is 3.65. The Hall–Kier alpha value is -1.67. The van der Waals surface area contributed by atoms with E-state index >= 15 is 0 Å². The molecule has 98 valence electrons. The quantitative estimate of drug-likeness (QED) is 0.798. The van der Waals surface area contributed by atoms with Crippen molar-refractivity contribution < 1.29 is 0 Å². The molecule has 2 aromatic rings. The minimum Gasteiger partial charge on any atom is -0.312 e. The number of hydrogen-bond donors (Lipinski definition) is 1. The van der Waals surface area contributed by atoms with E-state index < -0.39 is 0 Å². The molecule has 1 fully saturated rings. The van der Waals surface area contributed by atoms with E-state index in [4.69, 9.17) is 0 Å². The highest BCUT2D eigenvalue weighted by molar-refractivity contribution is 5.29. The second kappa shape index (κ2) is 5.98. The highest BCUT2D eigenvalue weighted by Crippen LogP contribution is 2.40. The molecule has 1 aromatic carbocycles. The van der Waals surface area contributed by atoms with Crippen molar-refractivity contribution in [3.05, 3.63) is 65.5 Å². The minimum absolute atomic E-state index is 0.844. The maximum atomic E-state index is 4.03. The highest BCUT2D eigenvalue weighted by Gasteiger charge is 2.23. The minimum atomic E-state index is 0.844. The lowest BCUT2D eigenvalue weighted by Gasteiger charge is -2.07. The van der Waals surface area contributed by atoms with Crippen LogP contribution in [0.1, 0.15) is 35.4 Å². The van der Waals surface area contributed by atoms with E-state index in [1.54, 1.807) is 0 Å². The summed E-state index contributed by atoms with van der Waals surface area (Å²) in [7, 11) is 0. The van der Waals surface area contributed by atoms with Crippen molar-refractivity contribution in [3.63, 3.8) is 0 Å². The van der Waals surface area contributed by atoms with Crippen LogP contribution in [0.5, 0.6) is 0 Å². The van der Waals surface area contributed by atoms with E-state index in [0.717, 1.165) is 25.4 Å². The zero-order valence-electron chi connectivity index (χ0n) is 11.2. The molecule has 19 heavy (non-hydrogen) atoms. The molecular formula is C17H20N2. The number of nitrogens with zero attached hydrogens (tertiary/aromatic N) is 1. The van der Waals surface area contributed by atoms with Gasteiger partial charge in [-0.3, -0.25) is 4.98 Å². The van der Waals surface area contributed by atoms with Crippen LogP contribution in [0.3, 0.4) is 0 Å². The van der Waals surface area contributed by atoms with Crippen molar-refractivity contribution in [2.24, 2.45) is 0 Å². The topological polar surface area (TPSA) is 24.9 Å². The first kappa shape index (κ1) is 12.4. The standard InChI is InChI=1S/C17H20N2/c1-2-15(12-17(3-1)16-4-5-16)13-19-11-8-14-6-9-18-10-7-14/h1-3,6-7,9-10,12,16,19H,4-5,8,11,13H2. The Labute approximate surface area is 114 Å². The predicted molar refractivity (Wildman–Crippen MR) is 78.1 cm³/mol. The highest BCUT2D eigenvalue weighted by atomic mass is 14.8. The fraction of sp³-hybridized carbons (Fsp3) is 0.353. The molecule has 1 saturated carbocycles. The van der Waals surface area contributed by atoms with Crippen LogP contribution in [0, 0.1) is 0 Å². The summed E-state index contributed by atoms with van der Waals surface area (Å²) in [6, 6.07) is 13.2. The van der Waals surface area contributed by atoms with Crippen molar-refractivity contribution >= 4 is 0 Å². The molecule has 2 heteroatoms. The molecule has 2 nitrogen and oxygen atoms in total. The van der Waals surface area contributed by atoms with Crippen molar-refractivity contribution in [1.82, 2.24) is 10.3 Å². The predicted octanol–water partition coefficient (Wildman–Crippen LogP) is 3.29. The Morgan fingerprint density at radius 3 is 2.68 bits per heavy atom. The monoisotopic (exact) mass is 252 g/mol. The average Bonchev–Trinajstić information content (AvgIpc) is 3.30. The number of benzene rings is 1.